The zero-order valence-electron chi connectivity index (χ0n) is 11.8. The van der Waals surface area contributed by atoms with Crippen LogP contribution in [0.1, 0.15) is 19.8 Å². The summed E-state index contributed by atoms with van der Waals surface area (Å²) in [5.74, 6) is 0.856. The molecule has 3 nitrogen and oxygen atoms in total. The van der Waals surface area contributed by atoms with Crippen molar-refractivity contribution in [2.24, 2.45) is 11.7 Å². The summed E-state index contributed by atoms with van der Waals surface area (Å²) >= 11 is 3.26. The first-order valence-electron chi connectivity index (χ1n) is 7.11. The van der Waals surface area contributed by atoms with Crippen LogP contribution in [0.2, 0.25) is 0 Å². The lowest BCUT2D eigenvalue weighted by atomic mass is 9.92. The van der Waals surface area contributed by atoms with Crippen LogP contribution in [0.15, 0.2) is 22.7 Å². The first-order chi connectivity index (χ1) is 9.54. The predicted molar refractivity (Wildman–Crippen MR) is 82.4 cm³/mol. The number of ether oxygens (including phenoxy) is 1. The van der Waals surface area contributed by atoms with Crippen LogP contribution in [-0.2, 0) is 0 Å². The van der Waals surface area contributed by atoms with Crippen LogP contribution in [0.5, 0.6) is 5.75 Å². The van der Waals surface area contributed by atoms with Crippen LogP contribution in [0, 0.1) is 11.7 Å². The van der Waals surface area contributed by atoms with E-state index in [0.29, 0.717) is 22.7 Å². The average Bonchev–Trinajstić information content (AvgIpc) is 2.38. The molecule has 0 amide bonds. The lowest BCUT2D eigenvalue weighted by molar-refractivity contribution is 0.137. The fourth-order valence-corrected chi connectivity index (χ4v) is 3.07. The summed E-state index contributed by atoms with van der Waals surface area (Å²) in [4.78, 5) is 2.38. The third kappa shape index (κ3) is 4.72. The second-order valence-electron chi connectivity index (χ2n) is 5.52. The summed E-state index contributed by atoms with van der Waals surface area (Å²) in [6, 6.07) is 4.86. The molecular formula is C15H22BrFN2O. The molecule has 2 unspecified atom stereocenters. The van der Waals surface area contributed by atoms with E-state index < -0.39 is 0 Å². The van der Waals surface area contributed by atoms with E-state index >= 15 is 0 Å². The van der Waals surface area contributed by atoms with E-state index in [0.717, 1.165) is 19.6 Å². The molecule has 112 valence electrons. The summed E-state index contributed by atoms with van der Waals surface area (Å²) in [7, 11) is 0. The molecule has 2 rings (SSSR count). The van der Waals surface area contributed by atoms with E-state index in [2.05, 4.69) is 27.8 Å². The maximum Gasteiger partial charge on any atom is 0.128 e. The van der Waals surface area contributed by atoms with Gasteiger partial charge >= 0.3 is 0 Å². The molecule has 1 aromatic rings. The van der Waals surface area contributed by atoms with Crippen molar-refractivity contribution in [2.75, 3.05) is 26.2 Å². The highest BCUT2D eigenvalue weighted by atomic mass is 79.9. The maximum atomic E-state index is 13.2. The van der Waals surface area contributed by atoms with Crippen molar-refractivity contribution < 1.29 is 9.13 Å². The Kier molecular flexibility index (Phi) is 5.81. The van der Waals surface area contributed by atoms with E-state index in [9.17, 15) is 4.39 Å². The highest BCUT2D eigenvalue weighted by Crippen LogP contribution is 2.21. The van der Waals surface area contributed by atoms with Gasteiger partial charge in [-0.3, -0.25) is 4.90 Å². The van der Waals surface area contributed by atoms with Gasteiger partial charge in [-0.25, -0.2) is 4.39 Å². The molecule has 0 saturated carbocycles. The smallest absolute Gasteiger partial charge is 0.128 e. The Morgan fingerprint density at radius 2 is 2.30 bits per heavy atom. The van der Waals surface area contributed by atoms with Gasteiger partial charge in [-0.15, -0.1) is 0 Å². The molecule has 1 aromatic carbocycles. The molecule has 1 heterocycles. The molecular weight excluding hydrogens is 323 g/mol. The van der Waals surface area contributed by atoms with Gasteiger partial charge in [0.25, 0.3) is 0 Å². The van der Waals surface area contributed by atoms with Crippen LogP contribution < -0.4 is 10.5 Å². The molecule has 20 heavy (non-hydrogen) atoms. The minimum absolute atomic E-state index is 0.248. The van der Waals surface area contributed by atoms with Gasteiger partial charge < -0.3 is 10.5 Å². The van der Waals surface area contributed by atoms with Crippen molar-refractivity contribution in [3.63, 3.8) is 0 Å². The van der Waals surface area contributed by atoms with Gasteiger partial charge in [-0.1, -0.05) is 15.9 Å². The Labute approximate surface area is 128 Å². The molecule has 0 spiro atoms. The van der Waals surface area contributed by atoms with Crippen molar-refractivity contribution in [1.29, 1.82) is 0 Å². The van der Waals surface area contributed by atoms with Gasteiger partial charge in [0.15, 0.2) is 0 Å². The minimum Gasteiger partial charge on any atom is -0.492 e. The van der Waals surface area contributed by atoms with Crippen molar-refractivity contribution in [3.8, 4) is 5.75 Å². The first kappa shape index (κ1) is 15.7. The number of hydrogen-bond donors (Lipinski definition) is 1. The second kappa shape index (κ2) is 7.38. The van der Waals surface area contributed by atoms with Crippen LogP contribution in [0.4, 0.5) is 4.39 Å². The quantitative estimate of drug-likeness (QED) is 0.892. The van der Waals surface area contributed by atoms with Crippen LogP contribution in [-0.4, -0.2) is 37.2 Å². The minimum atomic E-state index is -0.288. The normalized spacial score (nSPS) is 21.7. The molecule has 0 aliphatic carbocycles. The summed E-state index contributed by atoms with van der Waals surface area (Å²) in [6.45, 7) is 5.64. The number of rotatable bonds is 5. The van der Waals surface area contributed by atoms with Gasteiger partial charge in [-0.05, 0) is 44.4 Å². The Morgan fingerprint density at radius 3 is 3.00 bits per heavy atom. The highest BCUT2D eigenvalue weighted by Gasteiger charge is 2.22. The van der Waals surface area contributed by atoms with Crippen molar-refractivity contribution in [1.82, 2.24) is 4.90 Å². The number of nitrogens with zero attached hydrogens (tertiary/aromatic N) is 1. The summed E-state index contributed by atoms with van der Waals surface area (Å²) in [5.41, 5.74) is 5.98. The fourth-order valence-electron chi connectivity index (χ4n) is 2.63. The average molecular weight is 345 g/mol. The maximum absolute atomic E-state index is 13.2. The SMILES string of the molecule is CC(N)C1CCCN(CCOc2cc(F)cc(Br)c2)C1. The van der Waals surface area contributed by atoms with Crippen molar-refractivity contribution >= 4 is 15.9 Å². The molecule has 0 aromatic heterocycles. The zero-order chi connectivity index (χ0) is 14.5. The van der Waals surface area contributed by atoms with Crippen molar-refractivity contribution in [3.05, 3.63) is 28.5 Å². The number of likely N-dealkylation sites (tertiary alicyclic amines) is 1. The number of benzene rings is 1. The van der Waals surface area contributed by atoms with Gasteiger partial charge in [0.05, 0.1) is 0 Å². The highest BCUT2D eigenvalue weighted by molar-refractivity contribution is 9.10. The number of piperidine rings is 1. The third-order valence-electron chi connectivity index (χ3n) is 3.80. The lowest BCUT2D eigenvalue weighted by Gasteiger charge is -2.34. The first-order valence-corrected chi connectivity index (χ1v) is 7.91. The Hall–Kier alpha value is -0.650. The fraction of sp³-hybridized carbons (Fsp3) is 0.600. The molecule has 0 bridgehead atoms. The summed E-state index contributed by atoms with van der Waals surface area (Å²) in [5, 5.41) is 0. The van der Waals surface area contributed by atoms with Gasteiger partial charge in [-0.2, -0.15) is 0 Å². The second-order valence-corrected chi connectivity index (χ2v) is 6.43. The van der Waals surface area contributed by atoms with E-state index in [-0.39, 0.29) is 11.9 Å². The van der Waals surface area contributed by atoms with Crippen LogP contribution in [0.3, 0.4) is 0 Å². The monoisotopic (exact) mass is 344 g/mol. The summed E-state index contributed by atoms with van der Waals surface area (Å²) < 4.78 is 19.5. The number of halogens is 2. The molecule has 5 heteroatoms. The lowest BCUT2D eigenvalue weighted by Crippen LogP contribution is -2.43. The van der Waals surface area contributed by atoms with Gasteiger partial charge in [0.1, 0.15) is 18.2 Å². The Morgan fingerprint density at radius 1 is 1.50 bits per heavy atom. The Balaban J connectivity index is 1.77. The topological polar surface area (TPSA) is 38.5 Å². The van der Waals surface area contributed by atoms with E-state index in [4.69, 9.17) is 10.5 Å². The van der Waals surface area contributed by atoms with Gasteiger partial charge in [0.2, 0.25) is 0 Å². The molecule has 2 atom stereocenters. The summed E-state index contributed by atoms with van der Waals surface area (Å²) in [6.07, 6.45) is 2.41. The predicted octanol–water partition coefficient (Wildman–Crippen LogP) is 3.03. The molecule has 0 radical (unpaired) electrons. The molecule has 1 aliphatic heterocycles. The Bertz CT molecular complexity index is 422. The van der Waals surface area contributed by atoms with Crippen LogP contribution >= 0.6 is 15.9 Å². The molecule has 1 saturated heterocycles. The van der Waals surface area contributed by atoms with Gasteiger partial charge in [0, 0.05) is 29.7 Å². The van der Waals surface area contributed by atoms with E-state index in [1.54, 1.807) is 6.07 Å². The standard InChI is InChI=1S/C15H22BrFN2O/c1-11(18)12-3-2-4-19(10-12)5-6-20-15-8-13(16)7-14(17)9-15/h7-9,11-12H,2-6,10,18H2,1H3. The van der Waals surface area contributed by atoms with Crippen LogP contribution in [0.25, 0.3) is 0 Å². The zero-order valence-corrected chi connectivity index (χ0v) is 13.4. The molecule has 1 fully saturated rings. The number of nitrogens with two attached hydrogens (primary N) is 1. The third-order valence-corrected chi connectivity index (χ3v) is 4.26. The van der Waals surface area contributed by atoms with E-state index in [1.807, 2.05) is 0 Å². The molecule has 1 aliphatic rings. The van der Waals surface area contributed by atoms with Crippen molar-refractivity contribution in [2.45, 2.75) is 25.8 Å². The molecule has 2 N–H and O–H groups in total. The van der Waals surface area contributed by atoms with E-state index in [1.165, 1.54) is 25.0 Å². The number of hydrogen-bond acceptors (Lipinski definition) is 3. The largest absolute Gasteiger partial charge is 0.492 e.